The highest BCUT2D eigenvalue weighted by atomic mass is 127. The lowest BCUT2D eigenvalue weighted by atomic mass is 10.0. The molecule has 0 radical (unpaired) electrons. The zero-order valence-electron chi connectivity index (χ0n) is 18.5. The molecule has 5 nitrogen and oxygen atoms in total. The molecule has 0 aliphatic carbocycles. The van der Waals surface area contributed by atoms with Crippen molar-refractivity contribution in [3.63, 3.8) is 0 Å². The van der Waals surface area contributed by atoms with E-state index in [2.05, 4.69) is 65.6 Å². The van der Waals surface area contributed by atoms with E-state index in [1.54, 1.807) is 0 Å². The number of piperidine rings is 1. The van der Waals surface area contributed by atoms with Gasteiger partial charge in [-0.3, -0.25) is 4.98 Å². The van der Waals surface area contributed by atoms with E-state index in [0.717, 1.165) is 29.7 Å². The van der Waals surface area contributed by atoms with Crippen LogP contribution in [0, 0.1) is 5.92 Å². The van der Waals surface area contributed by atoms with Gasteiger partial charge in [0, 0.05) is 44.0 Å². The second-order valence-corrected chi connectivity index (χ2v) is 8.22. The van der Waals surface area contributed by atoms with Crippen molar-refractivity contribution < 1.29 is 0 Å². The zero-order valence-corrected chi connectivity index (χ0v) is 20.8. The highest BCUT2D eigenvalue weighted by Crippen LogP contribution is 2.18. The minimum Gasteiger partial charge on any atom is -0.357 e. The molecule has 2 N–H and O–H groups in total. The smallest absolute Gasteiger partial charge is 0.191 e. The Balaban J connectivity index is 0.00000320. The van der Waals surface area contributed by atoms with Gasteiger partial charge in [0.05, 0.1) is 12.2 Å². The van der Waals surface area contributed by atoms with Gasteiger partial charge < -0.3 is 15.5 Å². The van der Waals surface area contributed by atoms with Crippen molar-refractivity contribution in [3.8, 4) is 11.3 Å². The van der Waals surface area contributed by atoms with E-state index in [1.807, 2.05) is 24.4 Å². The van der Waals surface area contributed by atoms with E-state index < -0.39 is 0 Å². The van der Waals surface area contributed by atoms with Crippen LogP contribution in [0.15, 0.2) is 53.7 Å². The summed E-state index contributed by atoms with van der Waals surface area (Å²) in [6.07, 6.45) is 4.18. The highest BCUT2D eigenvalue weighted by Gasteiger charge is 2.20. The van der Waals surface area contributed by atoms with Gasteiger partial charge in [-0.25, -0.2) is 4.99 Å². The number of pyridine rings is 1. The van der Waals surface area contributed by atoms with Crippen molar-refractivity contribution in [2.45, 2.75) is 46.2 Å². The van der Waals surface area contributed by atoms with Crippen molar-refractivity contribution in [1.82, 2.24) is 20.5 Å². The van der Waals surface area contributed by atoms with Crippen LogP contribution in [0.4, 0.5) is 0 Å². The Bertz CT molecular complexity index is 770. The van der Waals surface area contributed by atoms with Crippen LogP contribution >= 0.6 is 24.0 Å². The van der Waals surface area contributed by atoms with Crippen molar-refractivity contribution in [2.24, 2.45) is 10.9 Å². The SMILES string of the molecule is CCNC(=NCc1cccc(-c2ccccn2)c1)NC1CCN(CC(C)C)CC1.I. The van der Waals surface area contributed by atoms with E-state index in [9.17, 15) is 0 Å². The molecule has 1 fully saturated rings. The summed E-state index contributed by atoms with van der Waals surface area (Å²) in [5.41, 5.74) is 3.32. The molecule has 0 unspecified atom stereocenters. The fourth-order valence-electron chi connectivity index (χ4n) is 3.82. The summed E-state index contributed by atoms with van der Waals surface area (Å²) >= 11 is 0. The first kappa shape index (κ1) is 24.6. The van der Waals surface area contributed by atoms with Gasteiger partial charge in [-0.05, 0) is 49.4 Å². The standard InChI is InChI=1S/C24H35N5.HI/c1-4-25-24(28-22-11-14-29(15-12-22)18-19(2)3)27-17-20-8-7-9-21(16-20)23-10-5-6-13-26-23;/h5-10,13,16,19,22H,4,11-12,14-15,17-18H2,1-3H3,(H2,25,27,28);1H. The lowest BCUT2D eigenvalue weighted by molar-refractivity contribution is 0.187. The van der Waals surface area contributed by atoms with E-state index >= 15 is 0 Å². The number of rotatable bonds is 7. The molecule has 0 spiro atoms. The summed E-state index contributed by atoms with van der Waals surface area (Å²) < 4.78 is 0. The van der Waals surface area contributed by atoms with Crippen LogP contribution in [0.3, 0.4) is 0 Å². The predicted octanol–water partition coefficient (Wildman–Crippen LogP) is 4.54. The molecule has 0 bridgehead atoms. The third kappa shape index (κ3) is 7.87. The molecule has 0 atom stereocenters. The van der Waals surface area contributed by atoms with Crippen LogP contribution in [-0.4, -0.2) is 48.1 Å². The summed E-state index contributed by atoms with van der Waals surface area (Å²) in [6.45, 7) is 11.8. The summed E-state index contributed by atoms with van der Waals surface area (Å²) in [5.74, 6) is 1.65. The fraction of sp³-hybridized carbons (Fsp3) is 0.500. The Labute approximate surface area is 198 Å². The first-order valence-corrected chi connectivity index (χ1v) is 10.9. The average Bonchev–Trinajstić information content (AvgIpc) is 2.74. The number of aromatic nitrogens is 1. The molecule has 1 aromatic carbocycles. The van der Waals surface area contributed by atoms with Crippen LogP contribution in [0.2, 0.25) is 0 Å². The van der Waals surface area contributed by atoms with Crippen molar-refractivity contribution in [2.75, 3.05) is 26.2 Å². The Morgan fingerprint density at radius 1 is 1.17 bits per heavy atom. The maximum Gasteiger partial charge on any atom is 0.191 e. The molecule has 1 aliphatic heterocycles. The second-order valence-electron chi connectivity index (χ2n) is 8.22. The van der Waals surface area contributed by atoms with Gasteiger partial charge in [-0.15, -0.1) is 24.0 Å². The molecule has 0 amide bonds. The van der Waals surface area contributed by atoms with Gasteiger partial charge in [0.2, 0.25) is 0 Å². The normalized spacial score (nSPS) is 15.7. The Morgan fingerprint density at radius 3 is 2.63 bits per heavy atom. The molecule has 0 saturated carbocycles. The minimum absolute atomic E-state index is 0. The number of hydrogen-bond acceptors (Lipinski definition) is 3. The van der Waals surface area contributed by atoms with Gasteiger partial charge in [0.1, 0.15) is 0 Å². The number of halogens is 1. The molecule has 2 heterocycles. The van der Waals surface area contributed by atoms with Crippen molar-refractivity contribution in [3.05, 3.63) is 54.2 Å². The molecular weight excluding hydrogens is 485 g/mol. The van der Waals surface area contributed by atoms with Gasteiger partial charge >= 0.3 is 0 Å². The summed E-state index contributed by atoms with van der Waals surface area (Å²) in [7, 11) is 0. The second kappa shape index (κ2) is 12.9. The van der Waals surface area contributed by atoms with Crippen LogP contribution in [-0.2, 0) is 6.54 Å². The highest BCUT2D eigenvalue weighted by molar-refractivity contribution is 14.0. The van der Waals surface area contributed by atoms with Gasteiger partial charge in [-0.1, -0.05) is 38.1 Å². The van der Waals surface area contributed by atoms with Gasteiger partial charge in [0.15, 0.2) is 5.96 Å². The molecule has 2 aromatic rings. The Morgan fingerprint density at radius 2 is 1.97 bits per heavy atom. The molecule has 1 aromatic heterocycles. The molecule has 164 valence electrons. The van der Waals surface area contributed by atoms with E-state index in [4.69, 9.17) is 4.99 Å². The maximum atomic E-state index is 4.84. The van der Waals surface area contributed by atoms with Crippen molar-refractivity contribution >= 4 is 29.9 Å². The van der Waals surface area contributed by atoms with Gasteiger partial charge in [0.25, 0.3) is 0 Å². The summed E-state index contributed by atoms with van der Waals surface area (Å²) in [5, 5.41) is 7.05. The fourth-order valence-corrected chi connectivity index (χ4v) is 3.82. The number of nitrogens with one attached hydrogen (secondary N) is 2. The van der Waals surface area contributed by atoms with Crippen LogP contribution in [0.5, 0.6) is 0 Å². The number of likely N-dealkylation sites (tertiary alicyclic amines) is 1. The number of aliphatic imine (C=N–C) groups is 1. The summed E-state index contributed by atoms with van der Waals surface area (Å²) in [6, 6.07) is 15.0. The molecular formula is C24H36IN5. The average molecular weight is 521 g/mol. The molecule has 30 heavy (non-hydrogen) atoms. The minimum atomic E-state index is 0. The van der Waals surface area contributed by atoms with E-state index in [1.165, 1.54) is 38.0 Å². The number of guanidine groups is 1. The van der Waals surface area contributed by atoms with E-state index in [-0.39, 0.29) is 24.0 Å². The predicted molar refractivity (Wildman–Crippen MR) is 137 cm³/mol. The molecule has 1 aliphatic rings. The number of benzene rings is 1. The quantitative estimate of drug-likeness (QED) is 0.319. The third-order valence-electron chi connectivity index (χ3n) is 5.20. The number of hydrogen-bond donors (Lipinski definition) is 2. The van der Waals surface area contributed by atoms with Crippen LogP contribution < -0.4 is 10.6 Å². The van der Waals surface area contributed by atoms with Crippen LogP contribution in [0.1, 0.15) is 39.2 Å². The number of nitrogens with zero attached hydrogens (tertiary/aromatic N) is 3. The van der Waals surface area contributed by atoms with E-state index in [0.29, 0.717) is 12.6 Å². The Hall–Kier alpha value is -1.67. The Kier molecular flexibility index (Phi) is 10.6. The first-order valence-electron chi connectivity index (χ1n) is 10.9. The zero-order chi connectivity index (χ0) is 20.5. The third-order valence-corrected chi connectivity index (χ3v) is 5.20. The first-order chi connectivity index (χ1) is 14.1. The molecule has 1 saturated heterocycles. The topological polar surface area (TPSA) is 52.6 Å². The van der Waals surface area contributed by atoms with Gasteiger partial charge in [-0.2, -0.15) is 0 Å². The van der Waals surface area contributed by atoms with Crippen molar-refractivity contribution in [1.29, 1.82) is 0 Å². The molecule has 6 heteroatoms. The largest absolute Gasteiger partial charge is 0.357 e. The lowest BCUT2D eigenvalue weighted by Gasteiger charge is -2.34. The monoisotopic (exact) mass is 521 g/mol. The maximum absolute atomic E-state index is 4.84. The van der Waals surface area contributed by atoms with Crippen LogP contribution in [0.25, 0.3) is 11.3 Å². The molecule has 3 rings (SSSR count). The lowest BCUT2D eigenvalue weighted by Crippen LogP contribution is -2.49. The summed E-state index contributed by atoms with van der Waals surface area (Å²) in [4.78, 5) is 11.9.